The van der Waals surface area contributed by atoms with Gasteiger partial charge in [-0.3, -0.25) is 4.99 Å². The smallest absolute Gasteiger partial charge is 0.211 e. The van der Waals surface area contributed by atoms with Gasteiger partial charge in [0.2, 0.25) is 10.0 Å². The zero-order valence-corrected chi connectivity index (χ0v) is 17.6. The van der Waals surface area contributed by atoms with Gasteiger partial charge >= 0.3 is 0 Å². The summed E-state index contributed by atoms with van der Waals surface area (Å²) in [6.45, 7) is 5.43. The summed E-state index contributed by atoms with van der Waals surface area (Å²) in [6.07, 6.45) is 2.99. The first kappa shape index (κ1) is 21.5. The molecule has 0 aliphatic carbocycles. The topological polar surface area (TPSA) is 74.2 Å². The molecule has 1 saturated heterocycles. The molecule has 1 aromatic carbocycles. The van der Waals surface area contributed by atoms with Crippen molar-refractivity contribution >= 4 is 16.0 Å². The van der Waals surface area contributed by atoms with Crippen LogP contribution in [0.2, 0.25) is 0 Å². The van der Waals surface area contributed by atoms with Crippen molar-refractivity contribution in [3.63, 3.8) is 0 Å². The second kappa shape index (κ2) is 9.94. The van der Waals surface area contributed by atoms with E-state index in [4.69, 9.17) is 9.73 Å². The lowest BCUT2D eigenvalue weighted by Crippen LogP contribution is -2.40. The number of aliphatic imine (C=N–C) groups is 1. The number of piperidine rings is 1. The molecule has 0 spiro atoms. The van der Waals surface area contributed by atoms with Crippen LogP contribution in [0.15, 0.2) is 29.3 Å². The van der Waals surface area contributed by atoms with Crippen LogP contribution in [0.5, 0.6) is 5.75 Å². The molecule has 0 saturated carbocycles. The van der Waals surface area contributed by atoms with Crippen molar-refractivity contribution in [3.05, 3.63) is 29.8 Å². The van der Waals surface area contributed by atoms with Gasteiger partial charge in [0.1, 0.15) is 5.75 Å². The summed E-state index contributed by atoms with van der Waals surface area (Å²) < 4.78 is 30.3. The van der Waals surface area contributed by atoms with Gasteiger partial charge < -0.3 is 15.0 Å². The Hall–Kier alpha value is -1.80. The highest BCUT2D eigenvalue weighted by atomic mass is 32.2. The molecule has 0 unspecified atom stereocenters. The minimum atomic E-state index is -3.08. The van der Waals surface area contributed by atoms with Crippen LogP contribution < -0.4 is 10.1 Å². The summed E-state index contributed by atoms with van der Waals surface area (Å²) in [5.41, 5.74) is 1.11. The van der Waals surface area contributed by atoms with Crippen molar-refractivity contribution in [3.8, 4) is 5.75 Å². The van der Waals surface area contributed by atoms with Gasteiger partial charge in [0.15, 0.2) is 5.96 Å². The number of methoxy groups -OCH3 is 1. The number of hydrogen-bond acceptors (Lipinski definition) is 4. The molecule has 0 radical (unpaired) electrons. The molecule has 2 rings (SSSR count). The van der Waals surface area contributed by atoms with Crippen molar-refractivity contribution in [2.24, 2.45) is 10.9 Å². The second-order valence-electron chi connectivity index (χ2n) is 6.97. The molecule has 27 heavy (non-hydrogen) atoms. The summed E-state index contributed by atoms with van der Waals surface area (Å²) in [5, 5.41) is 3.34. The van der Waals surface area contributed by atoms with E-state index in [9.17, 15) is 8.42 Å². The van der Waals surface area contributed by atoms with Crippen molar-refractivity contribution in [2.75, 3.05) is 46.6 Å². The fraction of sp³-hybridized carbons (Fsp3) is 0.632. The number of para-hydroxylation sites is 1. The first-order chi connectivity index (χ1) is 12.8. The minimum Gasteiger partial charge on any atom is -0.496 e. The van der Waals surface area contributed by atoms with Gasteiger partial charge in [0, 0.05) is 45.3 Å². The Balaban J connectivity index is 1.97. The van der Waals surface area contributed by atoms with Gasteiger partial charge in [0.25, 0.3) is 0 Å². The molecule has 0 bridgehead atoms. The normalized spacial score (nSPS) is 17.0. The number of guanidine groups is 1. The third-order valence-electron chi connectivity index (χ3n) is 4.84. The van der Waals surface area contributed by atoms with Crippen LogP contribution in [-0.2, 0) is 16.6 Å². The molecule has 0 aromatic heterocycles. The lowest BCUT2D eigenvalue weighted by Gasteiger charge is -2.30. The van der Waals surface area contributed by atoms with Crippen molar-refractivity contribution < 1.29 is 13.2 Å². The van der Waals surface area contributed by atoms with Crippen LogP contribution in [0.4, 0.5) is 0 Å². The zero-order chi connectivity index (χ0) is 19.9. The molecule has 7 nitrogen and oxygen atoms in total. The lowest BCUT2D eigenvalue weighted by molar-refractivity contribution is 0.279. The van der Waals surface area contributed by atoms with Crippen LogP contribution >= 0.6 is 0 Å². The van der Waals surface area contributed by atoms with E-state index < -0.39 is 10.0 Å². The third-order valence-corrected chi connectivity index (χ3v) is 6.14. The molecular formula is C19H32N4O3S. The summed E-state index contributed by atoms with van der Waals surface area (Å²) in [7, 11) is 0.617. The molecule has 8 heteroatoms. The Morgan fingerprint density at radius 1 is 1.33 bits per heavy atom. The largest absolute Gasteiger partial charge is 0.496 e. The summed E-state index contributed by atoms with van der Waals surface area (Å²) in [5.74, 6) is 2.14. The Morgan fingerprint density at radius 3 is 2.59 bits per heavy atom. The third kappa shape index (κ3) is 6.39. The van der Waals surface area contributed by atoms with Crippen LogP contribution in [-0.4, -0.2) is 70.2 Å². The number of benzene rings is 1. The molecule has 152 valence electrons. The highest BCUT2D eigenvalue weighted by Gasteiger charge is 2.24. The number of rotatable bonds is 7. The van der Waals surface area contributed by atoms with Crippen LogP contribution in [0, 0.1) is 5.92 Å². The fourth-order valence-electron chi connectivity index (χ4n) is 3.27. The Labute approximate surface area is 163 Å². The molecule has 1 N–H and O–H groups in total. The fourth-order valence-corrected chi connectivity index (χ4v) is 4.15. The van der Waals surface area contributed by atoms with Gasteiger partial charge in [-0.2, -0.15) is 0 Å². The molecule has 1 fully saturated rings. The molecule has 0 amide bonds. The maximum absolute atomic E-state index is 11.6. The van der Waals surface area contributed by atoms with Crippen LogP contribution in [0.1, 0.15) is 25.3 Å². The Bertz CT molecular complexity index is 728. The summed E-state index contributed by atoms with van der Waals surface area (Å²) in [4.78, 5) is 6.89. The lowest BCUT2D eigenvalue weighted by atomic mass is 9.98. The van der Waals surface area contributed by atoms with E-state index in [1.165, 1.54) is 6.26 Å². The molecule has 0 atom stereocenters. The average molecular weight is 397 g/mol. The average Bonchev–Trinajstić information content (AvgIpc) is 2.65. The highest BCUT2D eigenvalue weighted by molar-refractivity contribution is 7.88. The quantitative estimate of drug-likeness (QED) is 0.562. The number of sulfonamides is 1. The van der Waals surface area contributed by atoms with Crippen LogP contribution in [0.25, 0.3) is 0 Å². The summed E-state index contributed by atoms with van der Waals surface area (Å²) >= 11 is 0. The van der Waals surface area contributed by atoms with Crippen molar-refractivity contribution in [1.29, 1.82) is 0 Å². The maximum atomic E-state index is 11.6. The van der Waals surface area contributed by atoms with E-state index in [2.05, 4.69) is 23.2 Å². The highest BCUT2D eigenvalue weighted by Crippen LogP contribution is 2.20. The predicted octanol–water partition coefficient (Wildman–Crippen LogP) is 1.76. The molecule has 1 aromatic rings. The molecule has 1 aliphatic heterocycles. The van der Waals surface area contributed by atoms with Crippen LogP contribution in [0.3, 0.4) is 0 Å². The summed E-state index contributed by atoms with van der Waals surface area (Å²) in [6, 6.07) is 7.98. The number of nitrogens with zero attached hydrogens (tertiary/aromatic N) is 3. The first-order valence-corrected chi connectivity index (χ1v) is 11.3. The van der Waals surface area contributed by atoms with E-state index in [0.29, 0.717) is 32.1 Å². The van der Waals surface area contributed by atoms with Gasteiger partial charge in [-0.1, -0.05) is 18.2 Å². The Morgan fingerprint density at radius 2 is 2.00 bits per heavy atom. The van der Waals surface area contributed by atoms with E-state index in [1.807, 2.05) is 25.2 Å². The molecule has 1 heterocycles. The monoisotopic (exact) mass is 396 g/mol. The van der Waals surface area contributed by atoms with Gasteiger partial charge in [-0.25, -0.2) is 12.7 Å². The van der Waals surface area contributed by atoms with Crippen molar-refractivity contribution in [1.82, 2.24) is 14.5 Å². The van der Waals surface area contributed by atoms with E-state index in [-0.39, 0.29) is 0 Å². The zero-order valence-electron chi connectivity index (χ0n) is 16.8. The molecule has 1 aliphatic rings. The second-order valence-corrected chi connectivity index (χ2v) is 8.95. The first-order valence-electron chi connectivity index (χ1n) is 9.41. The number of hydrogen-bond donors (Lipinski definition) is 1. The predicted molar refractivity (Wildman–Crippen MR) is 110 cm³/mol. The molecular weight excluding hydrogens is 364 g/mol. The standard InChI is InChI=1S/C19H32N4O3S/c1-5-20-19(22(2)15-17-8-6-7-9-18(17)26-3)21-14-16-10-12-23(13-11-16)27(4,24)25/h6-9,16H,5,10-15H2,1-4H3,(H,20,21). The minimum absolute atomic E-state index is 0.413. The SMILES string of the molecule is CCNC(=NCC1CCN(S(C)(=O)=O)CC1)N(C)Cc1ccccc1OC. The maximum Gasteiger partial charge on any atom is 0.211 e. The van der Waals surface area contributed by atoms with E-state index in [0.717, 1.165) is 36.7 Å². The van der Waals surface area contributed by atoms with Gasteiger partial charge in [0.05, 0.1) is 13.4 Å². The van der Waals surface area contributed by atoms with Crippen molar-refractivity contribution in [2.45, 2.75) is 26.3 Å². The number of nitrogens with one attached hydrogen (secondary N) is 1. The van der Waals surface area contributed by atoms with Gasteiger partial charge in [-0.05, 0) is 31.7 Å². The van der Waals surface area contributed by atoms with Gasteiger partial charge in [-0.15, -0.1) is 0 Å². The van der Waals surface area contributed by atoms with E-state index in [1.54, 1.807) is 11.4 Å². The van der Waals surface area contributed by atoms with E-state index >= 15 is 0 Å². The number of ether oxygens (including phenoxy) is 1. The Kier molecular flexibility index (Phi) is 7.91.